The fourth-order valence-electron chi connectivity index (χ4n) is 2.32. The van der Waals surface area contributed by atoms with Crippen molar-refractivity contribution in [1.82, 2.24) is 9.78 Å². The summed E-state index contributed by atoms with van der Waals surface area (Å²) < 4.78 is 40.1. The van der Waals surface area contributed by atoms with Crippen LogP contribution in [0.25, 0.3) is 16.9 Å². The molecule has 0 spiro atoms. The van der Waals surface area contributed by atoms with E-state index in [1.807, 2.05) is 30.3 Å². The monoisotopic (exact) mass is 318 g/mol. The Morgan fingerprint density at radius 3 is 2.39 bits per heavy atom. The number of hydrogen-bond acceptors (Lipinski definition) is 2. The van der Waals surface area contributed by atoms with E-state index in [4.69, 9.17) is 0 Å². The van der Waals surface area contributed by atoms with Gasteiger partial charge in [0.05, 0.1) is 23.6 Å². The lowest BCUT2D eigenvalue weighted by Crippen LogP contribution is -2.04. The number of aromatic nitrogens is 2. The van der Waals surface area contributed by atoms with Crippen molar-refractivity contribution < 1.29 is 18.3 Å². The van der Waals surface area contributed by atoms with E-state index in [1.165, 1.54) is 6.07 Å². The number of nitrogens with zero attached hydrogens (tertiary/aromatic N) is 2. The Hall–Kier alpha value is -2.60. The Morgan fingerprint density at radius 2 is 1.74 bits per heavy atom. The molecule has 0 saturated heterocycles. The number of aliphatic hydroxyl groups excluding tert-OH is 1. The zero-order valence-corrected chi connectivity index (χ0v) is 12.0. The molecule has 23 heavy (non-hydrogen) atoms. The Morgan fingerprint density at radius 1 is 1.00 bits per heavy atom. The van der Waals surface area contributed by atoms with Crippen LogP contribution in [0.1, 0.15) is 11.1 Å². The standard InChI is InChI=1S/C17H13F3N2O/c18-17(19,20)14-6-4-5-12(9-14)16-13(11-23)10-22(21-16)15-7-2-1-3-8-15/h1-10,23H,11H2. The summed E-state index contributed by atoms with van der Waals surface area (Å²) in [4.78, 5) is 0. The molecule has 1 aromatic heterocycles. The smallest absolute Gasteiger partial charge is 0.392 e. The van der Waals surface area contributed by atoms with Gasteiger partial charge in [0, 0.05) is 17.3 Å². The third-order valence-electron chi connectivity index (χ3n) is 3.44. The van der Waals surface area contributed by atoms with Crippen molar-refractivity contribution in [2.24, 2.45) is 0 Å². The Balaban J connectivity index is 2.08. The predicted octanol–water partition coefficient (Wildman–Crippen LogP) is 4.05. The molecule has 6 heteroatoms. The van der Waals surface area contributed by atoms with Crippen LogP contribution in [0, 0.1) is 0 Å². The second-order valence-corrected chi connectivity index (χ2v) is 5.02. The summed E-state index contributed by atoms with van der Waals surface area (Å²) in [6.45, 7) is -0.307. The molecular formula is C17H13F3N2O. The first-order chi connectivity index (χ1) is 11.0. The van der Waals surface area contributed by atoms with Gasteiger partial charge in [-0.25, -0.2) is 4.68 Å². The van der Waals surface area contributed by atoms with E-state index in [0.717, 1.165) is 17.8 Å². The molecule has 0 aliphatic rings. The maximum absolute atomic E-state index is 12.9. The van der Waals surface area contributed by atoms with Crippen LogP contribution in [0.4, 0.5) is 13.2 Å². The SMILES string of the molecule is OCc1cn(-c2ccccc2)nc1-c1cccc(C(F)(F)F)c1. The minimum Gasteiger partial charge on any atom is -0.392 e. The van der Waals surface area contributed by atoms with Gasteiger partial charge in [-0.05, 0) is 24.3 Å². The van der Waals surface area contributed by atoms with Crippen molar-refractivity contribution >= 4 is 0 Å². The maximum atomic E-state index is 12.9. The van der Waals surface area contributed by atoms with E-state index in [2.05, 4.69) is 5.10 Å². The van der Waals surface area contributed by atoms with E-state index < -0.39 is 11.7 Å². The number of alkyl halides is 3. The minimum absolute atomic E-state index is 0.307. The van der Waals surface area contributed by atoms with Crippen LogP contribution < -0.4 is 0 Å². The minimum atomic E-state index is -4.42. The maximum Gasteiger partial charge on any atom is 0.416 e. The van der Waals surface area contributed by atoms with Gasteiger partial charge in [-0.2, -0.15) is 18.3 Å². The first-order valence-corrected chi connectivity index (χ1v) is 6.91. The molecule has 0 radical (unpaired) electrons. The van der Waals surface area contributed by atoms with Crippen LogP contribution in [0.2, 0.25) is 0 Å². The number of aliphatic hydroxyl groups is 1. The summed E-state index contributed by atoms with van der Waals surface area (Å²) in [6.07, 6.45) is -2.80. The highest BCUT2D eigenvalue weighted by molar-refractivity contribution is 5.64. The molecule has 0 aliphatic carbocycles. The number of rotatable bonds is 3. The summed E-state index contributed by atoms with van der Waals surface area (Å²) in [5.41, 5.74) is 1.14. The van der Waals surface area contributed by atoms with Gasteiger partial charge >= 0.3 is 6.18 Å². The third-order valence-corrected chi connectivity index (χ3v) is 3.44. The van der Waals surface area contributed by atoms with E-state index in [-0.39, 0.29) is 6.61 Å². The molecule has 3 rings (SSSR count). The van der Waals surface area contributed by atoms with Crippen molar-refractivity contribution in [2.45, 2.75) is 12.8 Å². The zero-order chi connectivity index (χ0) is 16.4. The van der Waals surface area contributed by atoms with Crippen molar-refractivity contribution in [2.75, 3.05) is 0 Å². The molecule has 118 valence electrons. The first kappa shape index (κ1) is 15.3. The van der Waals surface area contributed by atoms with Gasteiger partial charge < -0.3 is 5.11 Å². The highest BCUT2D eigenvalue weighted by Crippen LogP contribution is 2.32. The van der Waals surface area contributed by atoms with E-state index >= 15 is 0 Å². The van der Waals surface area contributed by atoms with E-state index in [0.29, 0.717) is 16.8 Å². The van der Waals surface area contributed by atoms with Gasteiger partial charge in [-0.15, -0.1) is 0 Å². The topological polar surface area (TPSA) is 38.0 Å². The molecule has 0 amide bonds. The molecule has 0 saturated carbocycles. The summed E-state index contributed by atoms with van der Waals surface area (Å²) in [7, 11) is 0. The van der Waals surface area contributed by atoms with Crippen LogP contribution in [-0.4, -0.2) is 14.9 Å². The average Bonchev–Trinajstić information content (AvgIpc) is 2.99. The highest BCUT2D eigenvalue weighted by Gasteiger charge is 2.30. The summed E-state index contributed by atoms with van der Waals surface area (Å²) in [5, 5.41) is 13.8. The lowest BCUT2D eigenvalue weighted by molar-refractivity contribution is -0.137. The fraction of sp³-hybridized carbons (Fsp3) is 0.118. The van der Waals surface area contributed by atoms with Crippen LogP contribution in [0.3, 0.4) is 0 Å². The molecule has 0 bridgehead atoms. The molecule has 2 aromatic carbocycles. The average molecular weight is 318 g/mol. The normalized spacial score (nSPS) is 11.7. The summed E-state index contributed by atoms with van der Waals surface area (Å²) >= 11 is 0. The van der Waals surface area contributed by atoms with Gasteiger partial charge in [0.1, 0.15) is 0 Å². The first-order valence-electron chi connectivity index (χ1n) is 6.91. The largest absolute Gasteiger partial charge is 0.416 e. The van der Waals surface area contributed by atoms with Gasteiger partial charge in [-0.1, -0.05) is 30.3 Å². The molecule has 1 N–H and O–H groups in total. The Labute approximate surface area is 130 Å². The molecule has 0 atom stereocenters. The van der Waals surface area contributed by atoms with Crippen LogP contribution >= 0.6 is 0 Å². The van der Waals surface area contributed by atoms with Crippen LogP contribution in [0.15, 0.2) is 60.8 Å². The third kappa shape index (κ3) is 3.12. The summed E-state index contributed by atoms with van der Waals surface area (Å²) in [6, 6.07) is 14.1. The second kappa shape index (κ2) is 5.89. The lowest BCUT2D eigenvalue weighted by atomic mass is 10.1. The Kier molecular flexibility index (Phi) is 3.92. The van der Waals surface area contributed by atoms with Gasteiger partial charge in [0.15, 0.2) is 0 Å². The van der Waals surface area contributed by atoms with Gasteiger partial charge in [0.25, 0.3) is 0 Å². The van der Waals surface area contributed by atoms with E-state index in [9.17, 15) is 18.3 Å². The molecule has 0 unspecified atom stereocenters. The molecule has 0 fully saturated rings. The van der Waals surface area contributed by atoms with Crippen LogP contribution in [-0.2, 0) is 12.8 Å². The fourth-order valence-corrected chi connectivity index (χ4v) is 2.32. The molecule has 3 nitrogen and oxygen atoms in total. The van der Waals surface area contributed by atoms with Gasteiger partial charge in [-0.3, -0.25) is 0 Å². The van der Waals surface area contributed by atoms with Crippen LogP contribution in [0.5, 0.6) is 0 Å². The van der Waals surface area contributed by atoms with Crippen molar-refractivity contribution in [1.29, 1.82) is 0 Å². The quantitative estimate of drug-likeness (QED) is 0.791. The zero-order valence-electron chi connectivity index (χ0n) is 12.0. The highest BCUT2D eigenvalue weighted by atomic mass is 19.4. The number of hydrogen-bond donors (Lipinski definition) is 1. The second-order valence-electron chi connectivity index (χ2n) is 5.02. The molecule has 0 aliphatic heterocycles. The van der Waals surface area contributed by atoms with Gasteiger partial charge in [0.2, 0.25) is 0 Å². The lowest BCUT2D eigenvalue weighted by Gasteiger charge is -2.08. The molecular weight excluding hydrogens is 305 g/mol. The van der Waals surface area contributed by atoms with Crippen molar-refractivity contribution in [3.05, 3.63) is 71.9 Å². The summed E-state index contributed by atoms with van der Waals surface area (Å²) in [5.74, 6) is 0. The Bertz CT molecular complexity index is 810. The molecule has 1 heterocycles. The number of halogens is 3. The predicted molar refractivity (Wildman–Crippen MR) is 79.9 cm³/mol. The van der Waals surface area contributed by atoms with Crippen molar-refractivity contribution in [3.63, 3.8) is 0 Å². The number of benzene rings is 2. The van der Waals surface area contributed by atoms with Crippen molar-refractivity contribution in [3.8, 4) is 16.9 Å². The number of para-hydroxylation sites is 1. The molecule has 3 aromatic rings. The van der Waals surface area contributed by atoms with E-state index in [1.54, 1.807) is 16.9 Å².